The van der Waals surface area contributed by atoms with E-state index in [4.69, 9.17) is 4.74 Å². The zero-order valence-electron chi connectivity index (χ0n) is 16.0. The van der Waals surface area contributed by atoms with Crippen LogP contribution in [0, 0.1) is 6.92 Å². The van der Waals surface area contributed by atoms with E-state index in [2.05, 4.69) is 15.4 Å². The summed E-state index contributed by atoms with van der Waals surface area (Å²) in [6.45, 7) is 4.31. The molecule has 1 unspecified atom stereocenters. The van der Waals surface area contributed by atoms with E-state index < -0.39 is 18.1 Å². The van der Waals surface area contributed by atoms with Crippen LogP contribution < -0.4 is 10.1 Å². The van der Waals surface area contributed by atoms with Gasteiger partial charge in [0.15, 0.2) is 5.78 Å². The lowest BCUT2D eigenvalue weighted by molar-refractivity contribution is -0.123. The zero-order valence-corrected chi connectivity index (χ0v) is 16.0. The number of rotatable bonds is 7. The molecular formula is C20H22N4O4. The number of Topliss-reactive ketones (excluding diaryl/α,β-unsaturated/α-hetero) is 1. The number of carbonyl (C=O) groups excluding carboxylic acids is 2. The van der Waals surface area contributed by atoms with Crippen molar-refractivity contribution in [1.29, 1.82) is 0 Å². The summed E-state index contributed by atoms with van der Waals surface area (Å²) in [7, 11) is 0. The normalized spacial score (nSPS) is 13.1. The van der Waals surface area contributed by atoms with Crippen molar-refractivity contribution >= 4 is 17.2 Å². The van der Waals surface area contributed by atoms with Gasteiger partial charge in [0.2, 0.25) is 0 Å². The van der Waals surface area contributed by atoms with Crippen molar-refractivity contribution in [2.24, 2.45) is 0 Å². The second-order valence-electron chi connectivity index (χ2n) is 6.76. The molecule has 0 spiro atoms. The highest BCUT2D eigenvalue weighted by Crippen LogP contribution is 2.22. The van der Waals surface area contributed by atoms with Crippen LogP contribution in [0.4, 0.5) is 0 Å². The van der Waals surface area contributed by atoms with Gasteiger partial charge in [-0.05, 0) is 39.0 Å². The summed E-state index contributed by atoms with van der Waals surface area (Å²) >= 11 is 0. The Kier molecular flexibility index (Phi) is 5.41. The number of aryl methyl sites for hydroxylation is 1. The third-order valence-electron chi connectivity index (χ3n) is 4.60. The van der Waals surface area contributed by atoms with Crippen molar-refractivity contribution in [2.75, 3.05) is 6.61 Å². The fourth-order valence-corrected chi connectivity index (χ4v) is 2.71. The molecule has 146 valence electrons. The summed E-state index contributed by atoms with van der Waals surface area (Å²) in [4.78, 5) is 28.8. The second kappa shape index (κ2) is 7.77. The van der Waals surface area contributed by atoms with Gasteiger partial charge in [-0.25, -0.2) is 4.52 Å². The Morgan fingerprint density at radius 1 is 1.32 bits per heavy atom. The average Bonchev–Trinajstić information content (AvgIpc) is 3.02. The van der Waals surface area contributed by atoms with Gasteiger partial charge in [-0.1, -0.05) is 6.07 Å². The largest absolute Gasteiger partial charge is 0.487 e. The Morgan fingerprint density at radius 3 is 2.75 bits per heavy atom. The molecule has 8 heteroatoms. The summed E-state index contributed by atoms with van der Waals surface area (Å²) < 4.78 is 7.35. The highest BCUT2D eigenvalue weighted by Gasteiger charge is 2.32. The Hall–Kier alpha value is -3.26. The minimum atomic E-state index is -1.36. The van der Waals surface area contributed by atoms with Gasteiger partial charge < -0.3 is 15.2 Å². The topological polar surface area (TPSA) is 106 Å². The van der Waals surface area contributed by atoms with Gasteiger partial charge >= 0.3 is 0 Å². The van der Waals surface area contributed by atoms with Crippen LogP contribution in [0.25, 0.3) is 5.52 Å². The number of hydrogen-bond acceptors (Lipinski definition) is 6. The molecule has 0 aliphatic rings. The Balaban J connectivity index is 1.89. The quantitative estimate of drug-likeness (QED) is 0.644. The van der Waals surface area contributed by atoms with Gasteiger partial charge in [-0.2, -0.15) is 5.10 Å². The lowest BCUT2D eigenvalue weighted by Crippen LogP contribution is -2.54. The lowest BCUT2D eigenvalue weighted by atomic mass is 9.98. The molecule has 0 aliphatic carbocycles. The molecule has 3 heterocycles. The van der Waals surface area contributed by atoms with Crippen molar-refractivity contribution in [1.82, 2.24) is 19.9 Å². The van der Waals surface area contributed by atoms with E-state index >= 15 is 0 Å². The van der Waals surface area contributed by atoms with Crippen molar-refractivity contribution < 1.29 is 19.4 Å². The third kappa shape index (κ3) is 3.86. The minimum Gasteiger partial charge on any atom is -0.487 e. The van der Waals surface area contributed by atoms with Crippen LogP contribution in [0.2, 0.25) is 0 Å². The molecule has 28 heavy (non-hydrogen) atoms. The van der Waals surface area contributed by atoms with Crippen LogP contribution >= 0.6 is 0 Å². The molecule has 3 aromatic rings. The number of ether oxygens (including phenoxy) is 1. The third-order valence-corrected chi connectivity index (χ3v) is 4.60. The molecule has 0 saturated heterocycles. The van der Waals surface area contributed by atoms with Crippen molar-refractivity contribution in [3.8, 4) is 5.75 Å². The number of carbonyl (C=O) groups is 2. The van der Waals surface area contributed by atoms with E-state index in [-0.39, 0.29) is 5.78 Å². The van der Waals surface area contributed by atoms with E-state index in [1.165, 1.54) is 13.8 Å². The van der Waals surface area contributed by atoms with Crippen molar-refractivity contribution in [3.05, 3.63) is 59.7 Å². The molecule has 3 rings (SSSR count). The molecule has 0 aliphatic heterocycles. The number of aliphatic hydroxyl groups excluding tert-OH is 1. The Bertz CT molecular complexity index is 1020. The standard InChI is InChI=1S/C20H22N4O4/c1-13-18(19(27)22-20(3,12-25)14(2)26)17-10-16(7-9-24(17)23-13)28-11-15-6-4-5-8-21-15/h4-10,25H,11-12H2,1-3H3,(H,22,27). The number of ketones is 1. The molecule has 2 N–H and O–H groups in total. The molecule has 0 saturated carbocycles. The summed E-state index contributed by atoms with van der Waals surface area (Å²) in [5, 5.41) is 16.5. The van der Waals surface area contributed by atoms with Gasteiger partial charge in [0.05, 0.1) is 29.1 Å². The first-order valence-electron chi connectivity index (χ1n) is 8.80. The van der Waals surface area contributed by atoms with Gasteiger partial charge in [-0.3, -0.25) is 14.6 Å². The highest BCUT2D eigenvalue weighted by atomic mass is 16.5. The number of amides is 1. The molecule has 0 radical (unpaired) electrons. The first-order valence-corrected chi connectivity index (χ1v) is 8.80. The molecule has 3 aromatic heterocycles. The Labute approximate surface area is 162 Å². The average molecular weight is 382 g/mol. The maximum atomic E-state index is 12.8. The van der Waals surface area contributed by atoms with Gasteiger partial charge in [0.25, 0.3) is 5.91 Å². The predicted octanol–water partition coefficient (Wildman–Crippen LogP) is 1.69. The van der Waals surface area contributed by atoms with Gasteiger partial charge in [0, 0.05) is 18.5 Å². The monoisotopic (exact) mass is 382 g/mol. The first-order chi connectivity index (χ1) is 13.3. The second-order valence-corrected chi connectivity index (χ2v) is 6.76. The van der Waals surface area contributed by atoms with Crippen LogP contribution in [0.3, 0.4) is 0 Å². The summed E-state index contributed by atoms with van der Waals surface area (Å²) in [6, 6.07) is 9.03. The van der Waals surface area contributed by atoms with Crippen molar-refractivity contribution in [2.45, 2.75) is 32.9 Å². The zero-order chi connectivity index (χ0) is 20.3. The predicted molar refractivity (Wildman–Crippen MR) is 102 cm³/mol. The fraction of sp³-hybridized carbons (Fsp3) is 0.300. The van der Waals surface area contributed by atoms with Gasteiger partial charge in [-0.15, -0.1) is 0 Å². The Morgan fingerprint density at radius 2 is 2.11 bits per heavy atom. The van der Waals surface area contributed by atoms with Crippen LogP contribution in [0.15, 0.2) is 42.7 Å². The minimum absolute atomic E-state index is 0.290. The van der Waals surface area contributed by atoms with E-state index in [9.17, 15) is 14.7 Å². The van der Waals surface area contributed by atoms with Gasteiger partial charge in [0.1, 0.15) is 17.9 Å². The summed E-state index contributed by atoms with van der Waals surface area (Å²) in [5.41, 5.74) is 0.792. The SMILES string of the molecule is CC(=O)C(C)(CO)NC(=O)c1c(C)nn2ccc(OCc3ccccn3)cc12. The van der Waals surface area contributed by atoms with Crippen LogP contribution in [-0.4, -0.2) is 43.5 Å². The van der Waals surface area contributed by atoms with Crippen molar-refractivity contribution in [3.63, 3.8) is 0 Å². The molecule has 1 amide bonds. The maximum absolute atomic E-state index is 12.8. The van der Waals surface area contributed by atoms with Crippen LogP contribution in [0.5, 0.6) is 5.75 Å². The van der Waals surface area contributed by atoms with Crippen LogP contribution in [-0.2, 0) is 11.4 Å². The van der Waals surface area contributed by atoms with Crippen LogP contribution in [0.1, 0.15) is 35.6 Å². The lowest BCUT2D eigenvalue weighted by Gasteiger charge is -2.25. The molecule has 0 aromatic carbocycles. The molecule has 1 atom stereocenters. The first kappa shape index (κ1) is 19.5. The number of fused-ring (bicyclic) bond motifs is 1. The number of nitrogens with one attached hydrogen (secondary N) is 1. The number of aliphatic hydroxyl groups is 1. The molecule has 0 fully saturated rings. The summed E-state index contributed by atoms with van der Waals surface area (Å²) in [6.07, 6.45) is 3.39. The number of nitrogens with zero attached hydrogens (tertiary/aromatic N) is 3. The maximum Gasteiger partial charge on any atom is 0.256 e. The molecule has 0 bridgehead atoms. The fourth-order valence-electron chi connectivity index (χ4n) is 2.71. The van der Waals surface area contributed by atoms with E-state index in [1.807, 2.05) is 18.2 Å². The molecule has 8 nitrogen and oxygen atoms in total. The molecular weight excluding hydrogens is 360 g/mol. The highest BCUT2D eigenvalue weighted by molar-refractivity contribution is 6.04. The summed E-state index contributed by atoms with van der Waals surface area (Å²) in [5.74, 6) is -0.262. The van der Waals surface area contributed by atoms with E-state index in [0.29, 0.717) is 29.1 Å². The van der Waals surface area contributed by atoms with E-state index in [0.717, 1.165) is 5.69 Å². The smallest absolute Gasteiger partial charge is 0.256 e. The van der Waals surface area contributed by atoms with E-state index in [1.54, 1.807) is 36.0 Å². The number of pyridine rings is 2. The number of aromatic nitrogens is 3. The number of hydrogen-bond donors (Lipinski definition) is 2.